The Balaban J connectivity index is 1.47. The molecule has 1 amide bonds. The summed E-state index contributed by atoms with van der Waals surface area (Å²) in [4.78, 5) is 13.6. The van der Waals surface area contributed by atoms with Crippen molar-refractivity contribution in [1.82, 2.24) is 4.90 Å². The standard InChI is InChI=1S/C17H23NO4S/c19-17(13-22-14-7-3-1-4-8-14)18-11-16(12-18)23(20,21)15-9-5-2-6-10-15/h1,3-4,7-8,15-16H,2,5-6,9-13H2. The van der Waals surface area contributed by atoms with Crippen LogP contribution in [0.15, 0.2) is 30.3 Å². The summed E-state index contributed by atoms with van der Waals surface area (Å²) in [5.41, 5.74) is 0. The smallest absolute Gasteiger partial charge is 0.260 e. The summed E-state index contributed by atoms with van der Waals surface area (Å²) >= 11 is 0. The zero-order valence-electron chi connectivity index (χ0n) is 13.2. The topological polar surface area (TPSA) is 63.7 Å². The number of para-hydroxylation sites is 1. The normalized spacial score (nSPS) is 20.1. The molecule has 1 aliphatic heterocycles. The Kier molecular flexibility index (Phi) is 4.90. The second kappa shape index (κ2) is 6.91. The molecule has 0 unspecified atom stereocenters. The minimum atomic E-state index is -3.09. The maximum Gasteiger partial charge on any atom is 0.260 e. The second-order valence-electron chi connectivity index (χ2n) is 6.37. The number of ether oxygens (including phenoxy) is 1. The van der Waals surface area contributed by atoms with Gasteiger partial charge in [0, 0.05) is 13.1 Å². The van der Waals surface area contributed by atoms with E-state index in [-0.39, 0.29) is 23.0 Å². The predicted octanol–water partition coefficient (Wildman–Crippen LogP) is 2.02. The first-order valence-electron chi connectivity index (χ1n) is 8.25. The second-order valence-corrected chi connectivity index (χ2v) is 8.88. The van der Waals surface area contributed by atoms with E-state index in [1.165, 1.54) is 0 Å². The molecule has 0 aromatic heterocycles. The summed E-state index contributed by atoms with van der Waals surface area (Å²) in [6.45, 7) is 0.589. The molecule has 3 rings (SSSR count). The highest BCUT2D eigenvalue weighted by Crippen LogP contribution is 2.29. The number of sulfone groups is 1. The minimum absolute atomic E-state index is 0.0415. The molecule has 0 atom stereocenters. The van der Waals surface area contributed by atoms with E-state index in [1.807, 2.05) is 18.2 Å². The molecule has 126 valence electrons. The lowest BCUT2D eigenvalue weighted by molar-refractivity contribution is -0.136. The predicted molar refractivity (Wildman–Crippen MR) is 88.1 cm³/mol. The van der Waals surface area contributed by atoms with Crippen molar-refractivity contribution in [1.29, 1.82) is 0 Å². The van der Waals surface area contributed by atoms with Crippen LogP contribution >= 0.6 is 0 Å². The van der Waals surface area contributed by atoms with Gasteiger partial charge in [-0.2, -0.15) is 0 Å². The van der Waals surface area contributed by atoms with Crippen LogP contribution in [0.4, 0.5) is 0 Å². The van der Waals surface area contributed by atoms with Gasteiger partial charge in [-0.05, 0) is 25.0 Å². The van der Waals surface area contributed by atoms with E-state index in [0.717, 1.165) is 32.1 Å². The molecule has 1 saturated carbocycles. The van der Waals surface area contributed by atoms with Crippen LogP contribution in [-0.4, -0.2) is 49.4 Å². The van der Waals surface area contributed by atoms with Gasteiger partial charge in [-0.25, -0.2) is 8.42 Å². The molecule has 6 heteroatoms. The zero-order valence-corrected chi connectivity index (χ0v) is 14.0. The van der Waals surface area contributed by atoms with Crippen LogP contribution in [0.1, 0.15) is 32.1 Å². The van der Waals surface area contributed by atoms with Gasteiger partial charge in [-0.3, -0.25) is 4.79 Å². The number of benzene rings is 1. The zero-order chi connectivity index (χ0) is 16.3. The van der Waals surface area contributed by atoms with Gasteiger partial charge in [0.2, 0.25) is 0 Å². The Morgan fingerprint density at radius 1 is 1.04 bits per heavy atom. The molecule has 1 heterocycles. The molecule has 0 N–H and O–H groups in total. The largest absolute Gasteiger partial charge is 0.484 e. The van der Waals surface area contributed by atoms with E-state index >= 15 is 0 Å². The summed E-state index contributed by atoms with van der Waals surface area (Å²) < 4.78 is 30.5. The molecule has 0 bridgehead atoms. The van der Waals surface area contributed by atoms with Crippen LogP contribution in [0.2, 0.25) is 0 Å². The number of rotatable bonds is 5. The van der Waals surface area contributed by atoms with E-state index in [4.69, 9.17) is 4.74 Å². The number of nitrogens with zero attached hydrogens (tertiary/aromatic N) is 1. The summed E-state index contributed by atoms with van der Waals surface area (Å²) in [6.07, 6.45) is 4.71. The molecule has 2 aliphatic rings. The molecule has 1 aliphatic carbocycles. The Bertz CT molecular complexity index is 632. The fraction of sp³-hybridized carbons (Fsp3) is 0.588. The molecule has 0 spiro atoms. The lowest BCUT2D eigenvalue weighted by Crippen LogP contribution is -2.59. The van der Waals surface area contributed by atoms with E-state index in [9.17, 15) is 13.2 Å². The number of carbonyl (C=O) groups excluding carboxylic acids is 1. The Labute approximate surface area is 137 Å². The number of likely N-dealkylation sites (tertiary alicyclic amines) is 1. The van der Waals surface area contributed by atoms with Crippen LogP contribution < -0.4 is 4.74 Å². The van der Waals surface area contributed by atoms with Crippen LogP contribution in [0, 0.1) is 0 Å². The highest BCUT2D eigenvalue weighted by Gasteiger charge is 2.43. The van der Waals surface area contributed by atoms with Crippen molar-refractivity contribution in [3.05, 3.63) is 30.3 Å². The Hall–Kier alpha value is -1.56. The first-order valence-corrected chi connectivity index (χ1v) is 9.86. The molecule has 1 saturated heterocycles. The minimum Gasteiger partial charge on any atom is -0.484 e. The Morgan fingerprint density at radius 2 is 1.70 bits per heavy atom. The lowest BCUT2D eigenvalue weighted by atomic mass is 10.0. The third-order valence-electron chi connectivity index (χ3n) is 4.79. The summed E-state index contributed by atoms with van der Waals surface area (Å²) in [5.74, 6) is 0.497. The summed E-state index contributed by atoms with van der Waals surface area (Å²) in [6, 6.07) is 9.15. The highest BCUT2D eigenvalue weighted by molar-refractivity contribution is 7.92. The first kappa shape index (κ1) is 16.3. The molecular formula is C17H23NO4S. The van der Waals surface area contributed by atoms with Gasteiger partial charge in [-0.15, -0.1) is 0 Å². The maximum atomic E-state index is 12.5. The third-order valence-corrected chi connectivity index (χ3v) is 7.42. The molecule has 1 aromatic carbocycles. The molecule has 0 radical (unpaired) electrons. The van der Waals surface area contributed by atoms with Crippen molar-refractivity contribution in [2.75, 3.05) is 19.7 Å². The van der Waals surface area contributed by atoms with Crippen LogP contribution in [0.5, 0.6) is 5.75 Å². The molecular weight excluding hydrogens is 314 g/mol. The van der Waals surface area contributed by atoms with Gasteiger partial charge < -0.3 is 9.64 Å². The van der Waals surface area contributed by atoms with Crippen molar-refractivity contribution < 1.29 is 17.9 Å². The monoisotopic (exact) mass is 337 g/mol. The van der Waals surface area contributed by atoms with E-state index in [2.05, 4.69) is 0 Å². The number of carbonyl (C=O) groups is 1. The van der Waals surface area contributed by atoms with Crippen LogP contribution in [0.3, 0.4) is 0 Å². The number of amides is 1. The van der Waals surface area contributed by atoms with Crippen molar-refractivity contribution in [2.24, 2.45) is 0 Å². The lowest BCUT2D eigenvalue weighted by Gasteiger charge is -2.40. The third kappa shape index (κ3) is 3.68. The number of hydrogen-bond donors (Lipinski definition) is 0. The van der Waals surface area contributed by atoms with Gasteiger partial charge in [0.15, 0.2) is 16.4 Å². The van der Waals surface area contributed by atoms with E-state index < -0.39 is 9.84 Å². The van der Waals surface area contributed by atoms with Gasteiger partial charge >= 0.3 is 0 Å². The number of hydrogen-bond acceptors (Lipinski definition) is 4. The van der Waals surface area contributed by atoms with E-state index in [1.54, 1.807) is 17.0 Å². The van der Waals surface area contributed by atoms with Gasteiger partial charge in [0.05, 0.1) is 10.5 Å². The first-order chi connectivity index (χ1) is 11.1. The fourth-order valence-electron chi connectivity index (χ4n) is 3.27. The maximum absolute atomic E-state index is 12.5. The Morgan fingerprint density at radius 3 is 2.35 bits per heavy atom. The van der Waals surface area contributed by atoms with E-state index in [0.29, 0.717) is 18.8 Å². The average Bonchev–Trinajstić information content (AvgIpc) is 2.53. The molecule has 23 heavy (non-hydrogen) atoms. The van der Waals surface area contributed by atoms with Crippen LogP contribution in [-0.2, 0) is 14.6 Å². The summed E-state index contributed by atoms with van der Waals surface area (Å²) in [7, 11) is -3.09. The molecule has 5 nitrogen and oxygen atoms in total. The van der Waals surface area contributed by atoms with Crippen molar-refractivity contribution >= 4 is 15.7 Å². The fourth-order valence-corrected chi connectivity index (χ4v) is 5.58. The van der Waals surface area contributed by atoms with Gasteiger partial charge in [0.25, 0.3) is 5.91 Å². The molecule has 2 fully saturated rings. The van der Waals surface area contributed by atoms with Crippen molar-refractivity contribution in [3.8, 4) is 5.75 Å². The SMILES string of the molecule is O=C(COc1ccccc1)N1CC(S(=O)(=O)C2CCCCC2)C1. The van der Waals surface area contributed by atoms with Gasteiger partial charge in [-0.1, -0.05) is 37.5 Å². The van der Waals surface area contributed by atoms with Crippen molar-refractivity contribution in [2.45, 2.75) is 42.6 Å². The average molecular weight is 337 g/mol. The summed E-state index contributed by atoms with van der Waals surface area (Å²) in [5, 5.41) is -0.578. The quantitative estimate of drug-likeness (QED) is 0.825. The van der Waals surface area contributed by atoms with Crippen molar-refractivity contribution in [3.63, 3.8) is 0 Å². The van der Waals surface area contributed by atoms with Crippen LogP contribution in [0.25, 0.3) is 0 Å². The van der Waals surface area contributed by atoms with Gasteiger partial charge in [0.1, 0.15) is 5.75 Å². The highest BCUT2D eigenvalue weighted by atomic mass is 32.2. The molecule has 1 aromatic rings.